The van der Waals surface area contributed by atoms with Crippen LogP contribution >= 0.6 is 30.4 Å². The van der Waals surface area contributed by atoms with E-state index in [0.29, 0.717) is 5.75 Å². The summed E-state index contributed by atoms with van der Waals surface area (Å²) in [6, 6.07) is 7.07. The molecular formula is C26H45Cl2OSSiTi-. The third-order valence-corrected chi connectivity index (χ3v) is 16.3. The summed E-state index contributed by atoms with van der Waals surface area (Å²) in [4.78, 5) is 0. The molecule has 3 rings (SSSR count). The Morgan fingerprint density at radius 3 is 2.09 bits per heavy atom. The molecule has 1 saturated carbocycles. The van der Waals surface area contributed by atoms with Crippen molar-refractivity contribution in [1.82, 2.24) is 0 Å². The van der Waals surface area contributed by atoms with Gasteiger partial charge in [-0.2, -0.15) is 11.8 Å². The average molecular weight is 553 g/mol. The fourth-order valence-corrected chi connectivity index (χ4v) is 15.4. The van der Waals surface area contributed by atoms with Crippen molar-refractivity contribution in [2.75, 3.05) is 0 Å². The van der Waals surface area contributed by atoms with Gasteiger partial charge in [0, 0.05) is 10.5 Å². The first kappa shape index (κ1) is 30.9. The zero-order valence-electron chi connectivity index (χ0n) is 21.9. The molecule has 0 spiro atoms. The van der Waals surface area contributed by atoms with Crippen LogP contribution < -0.4 is 5.19 Å². The van der Waals surface area contributed by atoms with Gasteiger partial charge in [-0.25, -0.2) is 0 Å². The van der Waals surface area contributed by atoms with Crippen LogP contribution in [-0.4, -0.2) is 23.7 Å². The number of phenols is 1. The SMILES string of the molecule is CC[Si](CC)(c1cc(C)cc(C(C)(C)C)c1O)C1C(C)C(C)C2CC(C)SC21.[CH3-].[Cl][Ti][Cl]. The van der Waals surface area contributed by atoms with Gasteiger partial charge >= 0.3 is 35.6 Å². The van der Waals surface area contributed by atoms with Crippen molar-refractivity contribution in [2.24, 2.45) is 17.8 Å². The van der Waals surface area contributed by atoms with Crippen LogP contribution in [0.3, 0.4) is 0 Å². The monoisotopic (exact) mass is 551 g/mol. The van der Waals surface area contributed by atoms with Crippen molar-refractivity contribution in [2.45, 2.75) is 102 Å². The Hall–Kier alpha value is 0.881. The Morgan fingerprint density at radius 2 is 1.62 bits per heavy atom. The molecule has 1 nitrogen and oxygen atoms in total. The van der Waals surface area contributed by atoms with E-state index in [1.807, 2.05) is 0 Å². The summed E-state index contributed by atoms with van der Waals surface area (Å²) < 4.78 is 0. The number of hydrogen-bond acceptors (Lipinski definition) is 2. The molecule has 6 heteroatoms. The van der Waals surface area contributed by atoms with E-state index in [0.717, 1.165) is 39.4 Å². The molecule has 1 aromatic carbocycles. The molecular weight excluding hydrogens is 507 g/mol. The average Bonchev–Trinajstić information content (AvgIpc) is 3.16. The van der Waals surface area contributed by atoms with E-state index in [1.165, 1.54) is 29.3 Å². The van der Waals surface area contributed by atoms with Gasteiger partial charge < -0.3 is 12.5 Å². The van der Waals surface area contributed by atoms with E-state index in [2.05, 4.69) is 86.2 Å². The van der Waals surface area contributed by atoms with Gasteiger partial charge in [-0.05, 0) is 52.8 Å². The van der Waals surface area contributed by atoms with E-state index in [4.69, 9.17) is 18.6 Å². The summed E-state index contributed by atoms with van der Waals surface area (Å²) in [7, 11) is 7.91. The van der Waals surface area contributed by atoms with Crippen molar-refractivity contribution in [3.05, 3.63) is 30.7 Å². The molecule has 6 unspecified atom stereocenters. The molecule has 2 fully saturated rings. The molecule has 1 aliphatic heterocycles. The van der Waals surface area contributed by atoms with E-state index < -0.39 is 25.1 Å². The molecule has 6 atom stereocenters. The Bertz CT molecular complexity index is 750. The van der Waals surface area contributed by atoms with Crippen LogP contribution in [0.4, 0.5) is 0 Å². The van der Waals surface area contributed by atoms with Crippen molar-refractivity contribution >= 4 is 43.6 Å². The molecule has 1 N–H and O–H groups in total. The molecule has 184 valence electrons. The number of fused-ring (bicyclic) bond motifs is 1. The number of phenolic OH excluding ortho intramolecular Hbond substituents is 1. The molecule has 0 bridgehead atoms. The van der Waals surface area contributed by atoms with Gasteiger partial charge in [-0.15, -0.1) is 0 Å². The molecule has 1 aromatic rings. The van der Waals surface area contributed by atoms with Gasteiger partial charge in [0.1, 0.15) is 5.75 Å². The normalized spacial score (nSPS) is 29.6. The molecule has 32 heavy (non-hydrogen) atoms. The summed E-state index contributed by atoms with van der Waals surface area (Å²) in [5, 5.41) is 14.5. The maximum absolute atomic E-state index is 11.6. The Labute approximate surface area is 220 Å². The van der Waals surface area contributed by atoms with Gasteiger partial charge in [0.05, 0.1) is 8.07 Å². The third kappa shape index (κ3) is 5.81. The van der Waals surface area contributed by atoms with Gasteiger partial charge in [0.25, 0.3) is 0 Å². The number of halogens is 2. The van der Waals surface area contributed by atoms with Crippen LogP contribution in [0.5, 0.6) is 5.75 Å². The fraction of sp³-hybridized carbons (Fsp3) is 0.731. The topological polar surface area (TPSA) is 20.2 Å². The van der Waals surface area contributed by atoms with E-state index in [1.54, 1.807) is 0 Å². The molecule has 0 amide bonds. The Kier molecular flexibility index (Phi) is 11.8. The Balaban J connectivity index is 0.00000121. The minimum atomic E-state index is -1.86. The first-order valence-electron chi connectivity index (χ1n) is 11.9. The molecule has 2 aliphatic rings. The van der Waals surface area contributed by atoms with E-state index >= 15 is 0 Å². The van der Waals surface area contributed by atoms with Crippen LogP contribution in [0.1, 0.15) is 72.9 Å². The summed E-state index contributed by atoms with van der Waals surface area (Å²) in [5.74, 6) is 3.08. The van der Waals surface area contributed by atoms with Gasteiger partial charge in [0.2, 0.25) is 0 Å². The van der Waals surface area contributed by atoms with E-state index in [9.17, 15) is 5.11 Å². The zero-order valence-corrected chi connectivity index (χ0v) is 26.7. The van der Waals surface area contributed by atoms with Gasteiger partial charge in [-0.3, -0.25) is 0 Å². The summed E-state index contributed by atoms with van der Waals surface area (Å²) >= 11 is 1.72. The molecule has 1 saturated heterocycles. The van der Waals surface area contributed by atoms with Gasteiger partial charge in [-0.1, -0.05) is 85.2 Å². The number of benzene rings is 1. The molecule has 0 aromatic heterocycles. The zero-order chi connectivity index (χ0) is 23.7. The first-order valence-corrected chi connectivity index (χ1v) is 19.6. The van der Waals surface area contributed by atoms with Crippen LogP contribution in [0.15, 0.2) is 12.1 Å². The van der Waals surface area contributed by atoms with Crippen molar-refractivity contribution < 1.29 is 22.1 Å². The van der Waals surface area contributed by atoms with Gasteiger partial charge in [0.15, 0.2) is 0 Å². The van der Waals surface area contributed by atoms with Crippen LogP contribution in [0, 0.1) is 32.1 Å². The second kappa shape index (κ2) is 12.2. The number of rotatable bonds is 4. The number of hydrogen-bond donors (Lipinski definition) is 1. The van der Waals surface area contributed by atoms with Crippen LogP contribution in [0.25, 0.3) is 0 Å². The standard InChI is InChI=1S/C25H42OSSi.CH3.2ClH.Ti/c1-10-28(11-2,21-13-15(3)12-20(22(21)26)25(7,8)9)24-18(6)17(5)19-14-16(4)27-23(19)24;;;;/h12-13,16-19,23-24,26H,10-11,14H2,1-9H3;1H3;2*1H;/q;-1;;;+2/p-2. The van der Waals surface area contributed by atoms with Crippen LogP contribution in [0.2, 0.25) is 17.6 Å². The predicted molar refractivity (Wildman–Crippen MR) is 147 cm³/mol. The predicted octanol–water partition coefficient (Wildman–Crippen LogP) is 8.69. The Morgan fingerprint density at radius 1 is 1.09 bits per heavy atom. The number of aryl methyl sites for hydroxylation is 1. The number of aromatic hydroxyl groups is 1. The second-order valence-corrected chi connectivity index (χ2v) is 20.1. The second-order valence-electron chi connectivity index (χ2n) is 10.9. The van der Waals surface area contributed by atoms with Crippen molar-refractivity contribution in [3.63, 3.8) is 0 Å². The summed E-state index contributed by atoms with van der Waals surface area (Å²) in [6.07, 6.45) is 1.39. The van der Waals surface area contributed by atoms with Crippen LogP contribution in [-0.2, 0) is 22.4 Å². The quantitative estimate of drug-likeness (QED) is 0.298. The maximum atomic E-state index is 11.6. The molecule has 1 heterocycles. The molecule has 0 radical (unpaired) electrons. The fourth-order valence-electron chi connectivity index (χ4n) is 6.65. The summed E-state index contributed by atoms with van der Waals surface area (Å²) in [5.41, 5.74) is 3.21. The van der Waals surface area contributed by atoms with Crippen molar-refractivity contribution in [1.29, 1.82) is 0 Å². The first-order chi connectivity index (χ1) is 14.4. The molecule has 1 aliphatic carbocycles. The number of thioether (sulfide) groups is 1. The van der Waals surface area contributed by atoms with Crippen molar-refractivity contribution in [3.8, 4) is 5.75 Å². The summed E-state index contributed by atoms with van der Waals surface area (Å²) in [6.45, 7) is 21.2. The minimum absolute atomic E-state index is 0. The van der Waals surface area contributed by atoms with E-state index in [-0.39, 0.29) is 12.8 Å². The third-order valence-electron chi connectivity index (χ3n) is 8.34.